The normalized spacial score (nSPS) is 23.4. The molecule has 13 heteroatoms. The van der Waals surface area contributed by atoms with Crippen LogP contribution in [0.1, 0.15) is 85.0 Å². The van der Waals surface area contributed by atoms with Crippen molar-refractivity contribution >= 4 is 5.97 Å². The first kappa shape index (κ1) is 27.6. The molecule has 10 nitrogen and oxygen atoms in total. The summed E-state index contributed by atoms with van der Waals surface area (Å²) in [6, 6.07) is 10.6. The number of aromatic nitrogens is 4. The Balaban J connectivity index is 1.08. The monoisotopic (exact) mass is 596 g/mol. The van der Waals surface area contributed by atoms with Gasteiger partial charge in [-0.2, -0.15) is 4.98 Å². The lowest BCUT2D eigenvalue weighted by atomic mass is 9.58. The fourth-order valence-corrected chi connectivity index (χ4v) is 6.35. The van der Waals surface area contributed by atoms with Crippen LogP contribution < -0.4 is 4.74 Å². The Hall–Kier alpha value is -4.26. The molecule has 1 N–H and O–H groups in total. The standard InChI is InChI=1S/C30H27F3N4O6/c31-30(32,33)41-22-7-2-1-4-18(22)23-19(24(42-36-23)17-8-9-17)16-40-29-13-10-28(11-14-29,12-15-29)27-35-25(37-43-27)20-5-3-6-21(34-20)26(38)39/h1-7,17H,8-16H2,(H,38,39). The number of benzene rings is 1. The fraction of sp³-hybridized carbons (Fsp3) is 0.433. The summed E-state index contributed by atoms with van der Waals surface area (Å²) in [5.41, 5.74) is 0.683. The second kappa shape index (κ2) is 10.2. The van der Waals surface area contributed by atoms with Gasteiger partial charge in [0, 0.05) is 17.0 Å². The summed E-state index contributed by atoms with van der Waals surface area (Å²) in [4.78, 5) is 20.0. The molecule has 0 aliphatic heterocycles. The number of carboxylic acid groups (broad SMARTS) is 1. The molecule has 4 aliphatic rings. The summed E-state index contributed by atoms with van der Waals surface area (Å²) in [7, 11) is 0. The quantitative estimate of drug-likeness (QED) is 0.219. The SMILES string of the molecule is O=C(O)c1cccc(-c2noc(C34CCC(OCc5c(-c6ccccc6OC(F)(F)F)noc5C5CC5)(CC3)CC4)n2)n1. The third-order valence-corrected chi connectivity index (χ3v) is 8.91. The average molecular weight is 597 g/mol. The molecule has 0 atom stereocenters. The van der Waals surface area contributed by atoms with Gasteiger partial charge < -0.3 is 23.6 Å². The molecule has 4 aliphatic carbocycles. The molecule has 4 fully saturated rings. The Morgan fingerprint density at radius 1 is 0.953 bits per heavy atom. The highest BCUT2D eigenvalue weighted by atomic mass is 19.4. The van der Waals surface area contributed by atoms with Gasteiger partial charge in [-0.3, -0.25) is 0 Å². The number of fused-ring (bicyclic) bond motifs is 3. The molecular formula is C30H27F3N4O6. The van der Waals surface area contributed by atoms with Gasteiger partial charge >= 0.3 is 12.3 Å². The van der Waals surface area contributed by atoms with Gasteiger partial charge in [0.25, 0.3) is 0 Å². The van der Waals surface area contributed by atoms with Crippen LogP contribution in [0.3, 0.4) is 0 Å². The van der Waals surface area contributed by atoms with Crippen molar-refractivity contribution in [3.8, 4) is 28.5 Å². The molecule has 0 amide bonds. The number of aromatic carboxylic acids is 1. The van der Waals surface area contributed by atoms with Crippen LogP contribution in [0.4, 0.5) is 13.2 Å². The maximum Gasteiger partial charge on any atom is 0.573 e. The lowest BCUT2D eigenvalue weighted by molar-refractivity contribution is -0.274. The van der Waals surface area contributed by atoms with E-state index in [4.69, 9.17) is 13.8 Å². The summed E-state index contributed by atoms with van der Waals surface area (Å²) in [6.45, 7) is 0.161. The Bertz CT molecular complexity index is 1650. The molecule has 224 valence electrons. The zero-order valence-electron chi connectivity index (χ0n) is 22.9. The summed E-state index contributed by atoms with van der Waals surface area (Å²) < 4.78 is 61.7. The van der Waals surface area contributed by atoms with Gasteiger partial charge in [0.05, 0.1) is 17.6 Å². The maximum atomic E-state index is 13.1. The Morgan fingerprint density at radius 2 is 1.70 bits per heavy atom. The second-order valence-corrected chi connectivity index (χ2v) is 11.6. The average Bonchev–Trinajstić information content (AvgIpc) is 3.55. The van der Waals surface area contributed by atoms with Gasteiger partial charge in [-0.1, -0.05) is 28.5 Å². The van der Waals surface area contributed by atoms with Crippen molar-refractivity contribution in [2.45, 2.75) is 81.3 Å². The molecule has 4 saturated carbocycles. The van der Waals surface area contributed by atoms with Crippen LogP contribution >= 0.6 is 0 Å². The fourth-order valence-electron chi connectivity index (χ4n) is 6.35. The largest absolute Gasteiger partial charge is 0.573 e. The second-order valence-electron chi connectivity index (χ2n) is 11.6. The van der Waals surface area contributed by atoms with Crippen LogP contribution in [0.2, 0.25) is 0 Å². The van der Waals surface area contributed by atoms with Gasteiger partial charge in [-0.15, -0.1) is 13.2 Å². The van der Waals surface area contributed by atoms with Crippen molar-refractivity contribution in [1.29, 1.82) is 0 Å². The summed E-state index contributed by atoms with van der Waals surface area (Å²) in [6.07, 6.45) is 1.50. The third kappa shape index (κ3) is 5.26. The molecular weight excluding hydrogens is 569 g/mol. The molecule has 0 saturated heterocycles. The first-order chi connectivity index (χ1) is 20.6. The van der Waals surface area contributed by atoms with Crippen LogP contribution in [0.15, 0.2) is 51.5 Å². The number of halogens is 3. The van der Waals surface area contributed by atoms with E-state index in [1.807, 2.05) is 0 Å². The van der Waals surface area contributed by atoms with Crippen LogP contribution in [-0.2, 0) is 16.8 Å². The highest BCUT2D eigenvalue weighted by Crippen LogP contribution is 2.55. The van der Waals surface area contributed by atoms with E-state index in [0.29, 0.717) is 28.6 Å². The minimum absolute atomic E-state index is 0.100. The van der Waals surface area contributed by atoms with Gasteiger partial charge in [0.2, 0.25) is 11.7 Å². The number of hydrogen-bond acceptors (Lipinski definition) is 9. The minimum Gasteiger partial charge on any atom is -0.477 e. The molecule has 3 heterocycles. The van der Waals surface area contributed by atoms with E-state index in [1.54, 1.807) is 24.3 Å². The zero-order valence-corrected chi connectivity index (χ0v) is 22.9. The Labute approximate surface area is 243 Å². The Morgan fingerprint density at radius 3 is 2.40 bits per heavy atom. The van der Waals surface area contributed by atoms with Crippen molar-refractivity contribution in [3.63, 3.8) is 0 Å². The lowest BCUT2D eigenvalue weighted by Gasteiger charge is -2.51. The van der Waals surface area contributed by atoms with Gasteiger partial charge in [-0.05, 0) is 75.6 Å². The van der Waals surface area contributed by atoms with Crippen LogP contribution in [0.25, 0.3) is 22.8 Å². The molecule has 2 bridgehead atoms. The Kier molecular flexibility index (Phi) is 6.53. The van der Waals surface area contributed by atoms with Crippen LogP contribution in [0.5, 0.6) is 5.75 Å². The first-order valence-electron chi connectivity index (χ1n) is 14.2. The maximum absolute atomic E-state index is 13.1. The van der Waals surface area contributed by atoms with E-state index in [0.717, 1.165) is 51.4 Å². The molecule has 1 aromatic carbocycles. The predicted octanol–water partition coefficient (Wildman–Crippen LogP) is 6.82. The minimum atomic E-state index is -4.84. The summed E-state index contributed by atoms with van der Waals surface area (Å²) in [5.74, 6) is 0.116. The highest BCUT2D eigenvalue weighted by Gasteiger charge is 2.53. The van der Waals surface area contributed by atoms with Crippen molar-refractivity contribution in [1.82, 2.24) is 20.3 Å². The number of pyridine rings is 1. The van der Waals surface area contributed by atoms with Gasteiger partial charge in [0.15, 0.2) is 0 Å². The molecule has 0 unspecified atom stereocenters. The number of carbonyl (C=O) groups is 1. The van der Waals surface area contributed by atoms with E-state index >= 15 is 0 Å². The summed E-state index contributed by atoms with van der Waals surface area (Å²) in [5, 5.41) is 17.5. The summed E-state index contributed by atoms with van der Waals surface area (Å²) >= 11 is 0. The number of nitrogens with zero attached hydrogens (tertiary/aromatic N) is 4. The number of rotatable bonds is 9. The first-order valence-corrected chi connectivity index (χ1v) is 14.2. The predicted molar refractivity (Wildman–Crippen MR) is 142 cm³/mol. The van der Waals surface area contributed by atoms with E-state index < -0.39 is 17.9 Å². The number of ether oxygens (including phenoxy) is 2. The smallest absolute Gasteiger partial charge is 0.477 e. The molecule has 8 rings (SSSR count). The van der Waals surface area contributed by atoms with E-state index in [-0.39, 0.29) is 40.8 Å². The molecule has 3 aromatic heterocycles. The third-order valence-electron chi connectivity index (χ3n) is 8.91. The number of hydrogen-bond donors (Lipinski definition) is 1. The van der Waals surface area contributed by atoms with Crippen molar-refractivity contribution in [3.05, 3.63) is 65.4 Å². The molecule has 0 radical (unpaired) electrons. The highest BCUT2D eigenvalue weighted by molar-refractivity contribution is 5.85. The number of carboxylic acids is 1. The number of para-hydroxylation sites is 1. The van der Waals surface area contributed by atoms with Crippen LogP contribution in [-0.4, -0.2) is 43.3 Å². The lowest BCUT2D eigenvalue weighted by Crippen LogP contribution is -2.49. The van der Waals surface area contributed by atoms with Crippen LogP contribution in [0, 0.1) is 0 Å². The van der Waals surface area contributed by atoms with E-state index in [1.165, 1.54) is 18.2 Å². The zero-order chi connectivity index (χ0) is 29.8. The van der Waals surface area contributed by atoms with Crippen molar-refractivity contribution in [2.24, 2.45) is 0 Å². The van der Waals surface area contributed by atoms with Gasteiger partial charge in [0.1, 0.15) is 28.6 Å². The molecule has 4 aromatic rings. The van der Waals surface area contributed by atoms with Crippen molar-refractivity contribution < 1.29 is 41.6 Å². The van der Waals surface area contributed by atoms with E-state index in [2.05, 4.69) is 25.0 Å². The van der Waals surface area contributed by atoms with Crippen molar-refractivity contribution in [2.75, 3.05) is 0 Å². The number of alkyl halides is 3. The van der Waals surface area contributed by atoms with E-state index in [9.17, 15) is 23.1 Å². The van der Waals surface area contributed by atoms with Gasteiger partial charge in [-0.25, -0.2) is 9.78 Å². The molecule has 0 spiro atoms. The topological polar surface area (TPSA) is 134 Å². The molecule has 43 heavy (non-hydrogen) atoms.